The maximum absolute atomic E-state index is 12.8. The van der Waals surface area contributed by atoms with E-state index in [1.165, 1.54) is 12.1 Å². The second-order valence-corrected chi connectivity index (χ2v) is 5.22. The molecule has 2 rings (SSSR count). The van der Waals surface area contributed by atoms with Crippen LogP contribution >= 0.6 is 0 Å². The van der Waals surface area contributed by atoms with E-state index in [1.54, 1.807) is 12.1 Å². The molecule has 1 aromatic heterocycles. The molecule has 4 nitrogen and oxygen atoms in total. The number of benzene rings is 1. The third-order valence-electron chi connectivity index (χ3n) is 3.06. The number of carbonyl (C=O) groups excluding carboxylic acids is 1. The fourth-order valence-electron chi connectivity index (χ4n) is 1.96. The van der Waals surface area contributed by atoms with Gasteiger partial charge >= 0.3 is 0 Å². The monoisotopic (exact) mass is 289 g/mol. The van der Waals surface area contributed by atoms with Gasteiger partial charge in [0, 0.05) is 30.2 Å². The third kappa shape index (κ3) is 4.72. The van der Waals surface area contributed by atoms with E-state index in [4.69, 9.17) is 0 Å². The quantitative estimate of drug-likeness (QED) is 0.859. The summed E-state index contributed by atoms with van der Waals surface area (Å²) < 4.78 is 14.7. The Morgan fingerprint density at radius 2 is 1.95 bits per heavy atom. The van der Waals surface area contributed by atoms with E-state index < -0.39 is 0 Å². The minimum Gasteiger partial charge on any atom is -0.341 e. The van der Waals surface area contributed by atoms with Crippen molar-refractivity contribution >= 4 is 11.6 Å². The van der Waals surface area contributed by atoms with Crippen LogP contribution < -0.4 is 10.6 Å². The fourth-order valence-corrected chi connectivity index (χ4v) is 1.96. The average molecular weight is 289 g/mol. The highest BCUT2D eigenvalue weighted by Gasteiger charge is 2.07. The number of amides is 1. The lowest BCUT2D eigenvalue weighted by molar-refractivity contribution is -0.116. The zero-order chi connectivity index (χ0) is 15.2. The first-order valence-electron chi connectivity index (χ1n) is 6.97. The first-order valence-corrected chi connectivity index (χ1v) is 6.97. The topological polar surface area (TPSA) is 46.1 Å². The Balaban J connectivity index is 1.93. The molecule has 0 unspecified atom stereocenters. The van der Waals surface area contributed by atoms with Crippen molar-refractivity contribution in [3.63, 3.8) is 0 Å². The first-order chi connectivity index (χ1) is 10.0. The molecular weight excluding hydrogens is 269 g/mol. The van der Waals surface area contributed by atoms with Gasteiger partial charge in [0.15, 0.2) is 0 Å². The summed E-state index contributed by atoms with van der Waals surface area (Å²) in [6, 6.07) is 10.0. The van der Waals surface area contributed by atoms with Crippen LogP contribution in [0.1, 0.15) is 19.5 Å². The van der Waals surface area contributed by atoms with Gasteiger partial charge in [0.25, 0.3) is 0 Å². The molecule has 0 fully saturated rings. The Morgan fingerprint density at radius 1 is 1.24 bits per heavy atom. The van der Waals surface area contributed by atoms with Crippen molar-refractivity contribution in [2.75, 3.05) is 5.32 Å². The van der Waals surface area contributed by atoms with Crippen molar-refractivity contribution in [3.05, 3.63) is 54.1 Å². The van der Waals surface area contributed by atoms with Crippen LogP contribution in [0.5, 0.6) is 0 Å². The highest BCUT2D eigenvalue weighted by Crippen LogP contribution is 2.09. The number of anilines is 1. The molecule has 2 aromatic rings. The molecule has 5 heteroatoms. The molecule has 21 heavy (non-hydrogen) atoms. The number of rotatable bonds is 6. The highest BCUT2D eigenvalue weighted by atomic mass is 19.1. The summed E-state index contributed by atoms with van der Waals surface area (Å²) in [5.41, 5.74) is 1.65. The lowest BCUT2D eigenvalue weighted by Crippen LogP contribution is -2.25. The number of aromatic nitrogens is 1. The molecule has 1 heterocycles. The van der Waals surface area contributed by atoms with Crippen LogP contribution in [0, 0.1) is 5.82 Å². The van der Waals surface area contributed by atoms with Gasteiger partial charge in [-0.1, -0.05) is 13.8 Å². The minimum atomic E-state index is -0.319. The van der Waals surface area contributed by atoms with E-state index in [0.717, 1.165) is 5.69 Å². The SMILES string of the molecule is CC(C)NCc1cccn1CC(=O)Nc1ccc(F)cc1. The van der Waals surface area contributed by atoms with Gasteiger partial charge in [0.05, 0.1) is 0 Å². The molecule has 1 aromatic carbocycles. The zero-order valence-electron chi connectivity index (χ0n) is 12.3. The first kappa shape index (κ1) is 15.3. The highest BCUT2D eigenvalue weighted by molar-refractivity contribution is 5.90. The number of hydrogen-bond donors (Lipinski definition) is 2. The van der Waals surface area contributed by atoms with E-state index in [0.29, 0.717) is 18.3 Å². The van der Waals surface area contributed by atoms with E-state index in [9.17, 15) is 9.18 Å². The summed E-state index contributed by atoms with van der Waals surface area (Å²) in [6.45, 7) is 5.11. The molecule has 112 valence electrons. The summed E-state index contributed by atoms with van der Waals surface area (Å²) in [5, 5.41) is 6.08. The summed E-state index contributed by atoms with van der Waals surface area (Å²) >= 11 is 0. The van der Waals surface area contributed by atoms with Gasteiger partial charge in [-0.25, -0.2) is 4.39 Å². The number of nitrogens with zero attached hydrogens (tertiary/aromatic N) is 1. The molecule has 0 bridgehead atoms. The molecule has 0 saturated heterocycles. The molecule has 1 amide bonds. The summed E-state index contributed by atoms with van der Waals surface area (Å²) in [4.78, 5) is 12.0. The van der Waals surface area contributed by atoms with Crippen molar-refractivity contribution in [1.29, 1.82) is 0 Å². The van der Waals surface area contributed by atoms with Gasteiger partial charge in [0.1, 0.15) is 12.4 Å². The molecule has 0 aliphatic carbocycles. The van der Waals surface area contributed by atoms with Gasteiger partial charge in [-0.2, -0.15) is 0 Å². The molecular formula is C16H20FN3O. The third-order valence-corrected chi connectivity index (χ3v) is 3.06. The minimum absolute atomic E-state index is 0.136. The van der Waals surface area contributed by atoms with E-state index in [-0.39, 0.29) is 18.3 Å². The standard InChI is InChI=1S/C16H20FN3O/c1-12(2)18-10-15-4-3-9-20(15)11-16(21)19-14-7-5-13(17)6-8-14/h3-9,12,18H,10-11H2,1-2H3,(H,19,21). The number of halogens is 1. The Hall–Kier alpha value is -2.14. The van der Waals surface area contributed by atoms with Gasteiger partial charge < -0.3 is 15.2 Å². The van der Waals surface area contributed by atoms with Crippen LogP contribution in [-0.2, 0) is 17.9 Å². The second-order valence-electron chi connectivity index (χ2n) is 5.22. The van der Waals surface area contributed by atoms with Gasteiger partial charge in [-0.3, -0.25) is 4.79 Å². The van der Waals surface area contributed by atoms with E-state index in [2.05, 4.69) is 24.5 Å². The average Bonchev–Trinajstić information content (AvgIpc) is 2.86. The largest absolute Gasteiger partial charge is 0.341 e. The van der Waals surface area contributed by atoms with Crippen molar-refractivity contribution in [2.45, 2.75) is 33.0 Å². The Kier molecular flexibility index (Phi) is 5.11. The summed E-state index contributed by atoms with van der Waals surface area (Å²) in [7, 11) is 0. The molecule has 0 spiro atoms. The Morgan fingerprint density at radius 3 is 2.62 bits per heavy atom. The summed E-state index contributed by atoms with van der Waals surface area (Å²) in [6.07, 6.45) is 1.88. The van der Waals surface area contributed by atoms with Crippen LogP contribution in [0.3, 0.4) is 0 Å². The molecule has 0 radical (unpaired) electrons. The van der Waals surface area contributed by atoms with Crippen LogP contribution in [0.15, 0.2) is 42.6 Å². The van der Waals surface area contributed by atoms with Gasteiger partial charge in [-0.05, 0) is 36.4 Å². The normalized spacial score (nSPS) is 10.9. The molecule has 0 aliphatic rings. The number of nitrogens with one attached hydrogen (secondary N) is 2. The molecule has 0 aliphatic heterocycles. The predicted molar refractivity (Wildman–Crippen MR) is 81.4 cm³/mol. The zero-order valence-corrected chi connectivity index (χ0v) is 12.3. The van der Waals surface area contributed by atoms with E-state index in [1.807, 2.05) is 22.9 Å². The van der Waals surface area contributed by atoms with Crippen LogP contribution in [-0.4, -0.2) is 16.5 Å². The van der Waals surface area contributed by atoms with Gasteiger partial charge in [-0.15, -0.1) is 0 Å². The predicted octanol–water partition coefficient (Wildman–Crippen LogP) is 2.76. The Bertz CT molecular complexity index is 590. The second kappa shape index (κ2) is 7.04. The molecule has 0 atom stereocenters. The van der Waals surface area contributed by atoms with Crippen molar-refractivity contribution in [3.8, 4) is 0 Å². The van der Waals surface area contributed by atoms with Crippen LogP contribution in [0.25, 0.3) is 0 Å². The van der Waals surface area contributed by atoms with Crippen molar-refractivity contribution in [1.82, 2.24) is 9.88 Å². The van der Waals surface area contributed by atoms with Crippen LogP contribution in [0.2, 0.25) is 0 Å². The number of carbonyl (C=O) groups is 1. The van der Waals surface area contributed by atoms with Crippen LogP contribution in [0.4, 0.5) is 10.1 Å². The fraction of sp³-hybridized carbons (Fsp3) is 0.312. The molecule has 0 saturated carbocycles. The van der Waals surface area contributed by atoms with Crippen molar-refractivity contribution < 1.29 is 9.18 Å². The van der Waals surface area contributed by atoms with Crippen molar-refractivity contribution in [2.24, 2.45) is 0 Å². The lowest BCUT2D eigenvalue weighted by Gasteiger charge is -2.12. The van der Waals surface area contributed by atoms with Gasteiger partial charge in [0.2, 0.25) is 5.91 Å². The summed E-state index contributed by atoms with van der Waals surface area (Å²) in [5.74, 6) is -0.455. The lowest BCUT2D eigenvalue weighted by atomic mass is 10.3. The maximum atomic E-state index is 12.8. The number of hydrogen-bond acceptors (Lipinski definition) is 2. The smallest absolute Gasteiger partial charge is 0.244 e. The van der Waals surface area contributed by atoms with E-state index >= 15 is 0 Å². The Labute approximate surface area is 124 Å². The molecule has 2 N–H and O–H groups in total. The maximum Gasteiger partial charge on any atom is 0.244 e.